The summed E-state index contributed by atoms with van der Waals surface area (Å²) in [6.07, 6.45) is 1.17. The minimum Gasteiger partial charge on any atom is -0.465 e. The van der Waals surface area contributed by atoms with Crippen LogP contribution in [-0.4, -0.2) is 28.7 Å². The maximum Gasteiger partial charge on any atom is 0.332 e. The van der Waals surface area contributed by atoms with Gasteiger partial charge >= 0.3 is 5.97 Å². The molecule has 1 atom stereocenters. The fourth-order valence-corrected chi connectivity index (χ4v) is 1.69. The average Bonchev–Trinajstić information content (AvgIpc) is 2.27. The molecule has 0 N–H and O–H groups in total. The lowest BCUT2D eigenvalue weighted by molar-refractivity contribution is -0.141. The molecule has 1 aromatic heterocycles. The summed E-state index contributed by atoms with van der Waals surface area (Å²) in [7, 11) is 0. The summed E-state index contributed by atoms with van der Waals surface area (Å²) in [5.41, 5.74) is 0.0316. The van der Waals surface area contributed by atoms with Crippen molar-refractivity contribution in [3.05, 3.63) is 28.0 Å². The number of carbonyl (C=O) groups excluding carboxylic acids is 2. The quantitative estimate of drug-likeness (QED) is 0.282. The number of hydrogen-bond donors (Lipinski definition) is 0. The lowest BCUT2D eigenvalue weighted by atomic mass is 10.1. The van der Waals surface area contributed by atoms with Crippen molar-refractivity contribution in [1.29, 1.82) is 0 Å². The molecule has 0 saturated carbocycles. The van der Waals surface area contributed by atoms with E-state index in [0.29, 0.717) is 0 Å². The van der Waals surface area contributed by atoms with Gasteiger partial charge in [-0.25, -0.2) is 9.78 Å². The normalized spacial score (nSPS) is 12.0. The van der Waals surface area contributed by atoms with Gasteiger partial charge in [0.1, 0.15) is 5.15 Å². The van der Waals surface area contributed by atoms with E-state index in [-0.39, 0.29) is 22.3 Å². The lowest BCUT2D eigenvalue weighted by Gasteiger charge is -2.08. The number of nitrogens with zero attached hydrogens (tertiary/aromatic N) is 1. The van der Waals surface area contributed by atoms with Crippen molar-refractivity contribution in [3.8, 4) is 0 Å². The summed E-state index contributed by atoms with van der Waals surface area (Å²) in [5.74, 6) is -1.48. The molecule has 0 saturated heterocycles. The number of hydrogen-bond acceptors (Lipinski definition) is 4. The molecule has 4 nitrogen and oxygen atoms in total. The van der Waals surface area contributed by atoms with E-state index in [4.69, 9.17) is 34.8 Å². The molecule has 17 heavy (non-hydrogen) atoms. The standard InChI is InChI=1S/C10H8Cl3NO3/c1-2-17-10(16)8(13)9(15)5-4-14-7(12)3-6(5)11/h3-4,8H,2H2,1H3. The summed E-state index contributed by atoms with van der Waals surface area (Å²) < 4.78 is 4.63. The topological polar surface area (TPSA) is 56.3 Å². The van der Waals surface area contributed by atoms with Gasteiger partial charge in [-0.05, 0) is 13.0 Å². The van der Waals surface area contributed by atoms with Crippen LogP contribution in [0.2, 0.25) is 10.2 Å². The fourth-order valence-electron chi connectivity index (χ4n) is 1.05. The van der Waals surface area contributed by atoms with Crippen LogP contribution in [0.1, 0.15) is 17.3 Å². The second-order valence-corrected chi connectivity index (χ2v) is 4.20. The van der Waals surface area contributed by atoms with Crippen molar-refractivity contribution < 1.29 is 14.3 Å². The first-order chi connectivity index (χ1) is 7.97. The molecule has 0 bridgehead atoms. The Hall–Kier alpha value is -0.840. The molecule has 0 aliphatic carbocycles. The Labute approximate surface area is 113 Å². The van der Waals surface area contributed by atoms with E-state index >= 15 is 0 Å². The van der Waals surface area contributed by atoms with Crippen LogP contribution in [-0.2, 0) is 9.53 Å². The zero-order valence-corrected chi connectivity index (χ0v) is 11.0. The first-order valence-electron chi connectivity index (χ1n) is 4.63. The highest BCUT2D eigenvalue weighted by Crippen LogP contribution is 2.21. The minimum absolute atomic E-state index is 0.0316. The Balaban J connectivity index is 2.92. The van der Waals surface area contributed by atoms with E-state index < -0.39 is 17.1 Å². The number of pyridine rings is 1. The van der Waals surface area contributed by atoms with Crippen molar-refractivity contribution in [3.63, 3.8) is 0 Å². The number of aromatic nitrogens is 1. The summed E-state index contributed by atoms with van der Waals surface area (Å²) in [4.78, 5) is 26.8. The molecule has 0 radical (unpaired) electrons. The number of alkyl halides is 1. The molecule has 1 rings (SSSR count). The molecular formula is C10H8Cl3NO3. The van der Waals surface area contributed by atoms with Crippen LogP contribution in [0.4, 0.5) is 0 Å². The van der Waals surface area contributed by atoms with Crippen molar-refractivity contribution in [2.75, 3.05) is 6.61 Å². The van der Waals surface area contributed by atoms with Crippen LogP contribution < -0.4 is 0 Å². The number of halogens is 3. The highest BCUT2D eigenvalue weighted by molar-refractivity contribution is 6.45. The number of ether oxygens (including phenoxy) is 1. The van der Waals surface area contributed by atoms with Gasteiger partial charge in [0.2, 0.25) is 0 Å². The Kier molecular flexibility index (Phi) is 5.18. The van der Waals surface area contributed by atoms with Crippen molar-refractivity contribution in [2.45, 2.75) is 12.3 Å². The predicted octanol–water partition coefficient (Wildman–Crippen LogP) is 2.74. The molecule has 0 aliphatic heterocycles. The fraction of sp³-hybridized carbons (Fsp3) is 0.300. The summed E-state index contributed by atoms with van der Waals surface area (Å²) in [6, 6.07) is 1.30. The Morgan fingerprint density at radius 1 is 1.47 bits per heavy atom. The molecule has 0 fully saturated rings. The summed E-state index contributed by atoms with van der Waals surface area (Å²) in [5, 5.41) is -1.20. The number of Topliss-reactive ketones (excluding diaryl/α,β-unsaturated/α-hetero) is 1. The molecule has 0 aromatic carbocycles. The lowest BCUT2D eigenvalue weighted by Crippen LogP contribution is -2.27. The zero-order valence-electron chi connectivity index (χ0n) is 8.75. The summed E-state index contributed by atoms with van der Waals surface area (Å²) >= 11 is 17.0. The molecular weight excluding hydrogens is 288 g/mol. The monoisotopic (exact) mass is 295 g/mol. The Morgan fingerprint density at radius 3 is 2.65 bits per heavy atom. The van der Waals surface area contributed by atoms with Crippen LogP contribution >= 0.6 is 34.8 Å². The van der Waals surface area contributed by atoms with Crippen molar-refractivity contribution >= 4 is 46.6 Å². The maximum atomic E-state index is 11.8. The van der Waals surface area contributed by atoms with Crippen molar-refractivity contribution in [2.24, 2.45) is 0 Å². The SMILES string of the molecule is CCOC(=O)C(Cl)C(=O)c1cnc(Cl)cc1Cl. The van der Waals surface area contributed by atoms with E-state index in [1.165, 1.54) is 12.3 Å². The molecule has 0 spiro atoms. The van der Waals surface area contributed by atoms with Crippen LogP contribution in [0, 0.1) is 0 Å². The van der Waals surface area contributed by atoms with Gasteiger partial charge in [0.05, 0.1) is 17.2 Å². The minimum atomic E-state index is -1.43. The van der Waals surface area contributed by atoms with Crippen LogP contribution in [0.15, 0.2) is 12.3 Å². The van der Waals surface area contributed by atoms with Gasteiger partial charge in [0, 0.05) is 6.20 Å². The number of rotatable bonds is 4. The van der Waals surface area contributed by atoms with E-state index in [1.54, 1.807) is 6.92 Å². The van der Waals surface area contributed by atoms with Gasteiger partial charge in [0.15, 0.2) is 11.2 Å². The second kappa shape index (κ2) is 6.19. The van der Waals surface area contributed by atoms with E-state index in [0.717, 1.165) is 0 Å². The van der Waals surface area contributed by atoms with E-state index in [2.05, 4.69) is 9.72 Å². The van der Waals surface area contributed by atoms with Gasteiger partial charge in [0.25, 0.3) is 0 Å². The number of esters is 1. The zero-order chi connectivity index (χ0) is 13.0. The highest BCUT2D eigenvalue weighted by Gasteiger charge is 2.28. The van der Waals surface area contributed by atoms with Gasteiger partial charge < -0.3 is 4.74 Å². The van der Waals surface area contributed by atoms with Gasteiger partial charge in [-0.15, -0.1) is 11.6 Å². The summed E-state index contributed by atoms with van der Waals surface area (Å²) in [6.45, 7) is 1.75. The molecule has 92 valence electrons. The van der Waals surface area contributed by atoms with Gasteiger partial charge in [-0.1, -0.05) is 23.2 Å². The van der Waals surface area contributed by atoms with E-state index in [1.807, 2.05) is 0 Å². The largest absolute Gasteiger partial charge is 0.465 e. The maximum absolute atomic E-state index is 11.8. The van der Waals surface area contributed by atoms with Crippen molar-refractivity contribution in [1.82, 2.24) is 4.98 Å². The molecule has 0 aliphatic rings. The van der Waals surface area contributed by atoms with Gasteiger partial charge in [-0.3, -0.25) is 4.79 Å². The molecule has 7 heteroatoms. The third-order valence-electron chi connectivity index (χ3n) is 1.81. The average molecular weight is 297 g/mol. The first kappa shape index (κ1) is 14.2. The third kappa shape index (κ3) is 3.56. The first-order valence-corrected chi connectivity index (χ1v) is 5.82. The van der Waals surface area contributed by atoms with Crippen LogP contribution in [0.25, 0.3) is 0 Å². The molecule has 1 aromatic rings. The third-order valence-corrected chi connectivity index (χ3v) is 2.71. The highest BCUT2D eigenvalue weighted by atomic mass is 35.5. The van der Waals surface area contributed by atoms with Gasteiger partial charge in [-0.2, -0.15) is 0 Å². The molecule has 1 unspecified atom stereocenters. The van der Waals surface area contributed by atoms with E-state index in [9.17, 15) is 9.59 Å². The predicted molar refractivity (Wildman–Crippen MR) is 64.9 cm³/mol. The molecule has 0 amide bonds. The Morgan fingerprint density at radius 2 is 2.12 bits per heavy atom. The molecule has 1 heterocycles. The van der Waals surface area contributed by atoms with Crippen LogP contribution in [0.5, 0.6) is 0 Å². The second-order valence-electron chi connectivity index (χ2n) is 2.97. The van der Waals surface area contributed by atoms with Crippen LogP contribution in [0.3, 0.4) is 0 Å². The Bertz CT molecular complexity index is 450. The number of carbonyl (C=O) groups is 2. The number of ketones is 1. The smallest absolute Gasteiger partial charge is 0.332 e.